The maximum absolute atomic E-state index is 13.2. The van der Waals surface area contributed by atoms with Crippen LogP contribution in [0.25, 0.3) is 0 Å². The molecule has 1 N–H and O–H groups in total. The monoisotopic (exact) mass is 527 g/mol. The summed E-state index contributed by atoms with van der Waals surface area (Å²) in [7, 11) is 0. The largest absolute Gasteiger partial charge is 0.457 e. The van der Waals surface area contributed by atoms with Gasteiger partial charge in [-0.15, -0.1) is 0 Å². The summed E-state index contributed by atoms with van der Waals surface area (Å²) < 4.78 is 25.2. The molecule has 3 aromatic carbocycles. The minimum atomic E-state index is -1.51. The molecule has 1 spiro atoms. The number of nitrogens with one attached hydrogen (secondary N) is 1. The number of rotatable bonds is 6. The Labute approximate surface area is 228 Å². The Morgan fingerprint density at radius 3 is 1.92 bits per heavy atom. The van der Waals surface area contributed by atoms with E-state index in [2.05, 4.69) is 5.32 Å². The molecule has 0 aliphatic carbocycles. The molecule has 2 heterocycles. The Kier molecular flexibility index (Phi) is 7.55. The summed E-state index contributed by atoms with van der Waals surface area (Å²) in [5.41, 5.74) is 5.19. The molecule has 7 nitrogen and oxygen atoms in total. The van der Waals surface area contributed by atoms with Crippen molar-refractivity contribution in [1.29, 1.82) is 0 Å². The summed E-state index contributed by atoms with van der Waals surface area (Å²) in [6.45, 7) is 7.25. The zero-order valence-electron chi connectivity index (χ0n) is 22.6. The second-order valence-corrected chi connectivity index (χ2v) is 10.1. The second-order valence-electron chi connectivity index (χ2n) is 10.1. The van der Waals surface area contributed by atoms with E-state index in [0.717, 1.165) is 27.8 Å². The number of ether oxygens (including phenoxy) is 4. The van der Waals surface area contributed by atoms with E-state index in [-0.39, 0.29) is 30.3 Å². The molecule has 1 saturated heterocycles. The third-order valence-electron chi connectivity index (χ3n) is 7.18. The number of hydrogen-bond donors (Lipinski definition) is 1. The minimum Gasteiger partial charge on any atom is -0.457 e. The van der Waals surface area contributed by atoms with Gasteiger partial charge < -0.3 is 24.3 Å². The molecule has 1 amide bonds. The highest BCUT2D eigenvalue weighted by Gasteiger charge is 2.56. The van der Waals surface area contributed by atoms with Crippen molar-refractivity contribution >= 4 is 11.9 Å². The van der Waals surface area contributed by atoms with Gasteiger partial charge in [0.1, 0.15) is 24.6 Å². The average molecular weight is 528 g/mol. The highest BCUT2D eigenvalue weighted by molar-refractivity contribution is 5.91. The summed E-state index contributed by atoms with van der Waals surface area (Å²) in [5, 5.41) is 2.89. The lowest BCUT2D eigenvalue weighted by Crippen LogP contribution is -2.50. The Bertz CT molecular complexity index is 1350. The maximum atomic E-state index is 13.2. The minimum absolute atomic E-state index is 0.0739. The van der Waals surface area contributed by atoms with Crippen molar-refractivity contribution in [2.24, 2.45) is 0 Å². The zero-order valence-corrected chi connectivity index (χ0v) is 22.6. The lowest BCUT2D eigenvalue weighted by atomic mass is 9.93. The molecule has 3 aromatic rings. The zero-order chi connectivity index (χ0) is 27.6. The fourth-order valence-electron chi connectivity index (χ4n) is 5.33. The van der Waals surface area contributed by atoms with Gasteiger partial charge in [0.05, 0.1) is 18.0 Å². The number of aryl methyl sites for hydroxylation is 2. The van der Waals surface area contributed by atoms with Gasteiger partial charge >= 0.3 is 11.9 Å². The van der Waals surface area contributed by atoms with Crippen molar-refractivity contribution in [2.75, 3.05) is 0 Å². The van der Waals surface area contributed by atoms with Gasteiger partial charge in [-0.3, -0.25) is 4.79 Å². The normalized spacial score (nSPS) is 21.9. The van der Waals surface area contributed by atoms with E-state index in [4.69, 9.17) is 18.9 Å². The van der Waals surface area contributed by atoms with Crippen LogP contribution in [0.4, 0.5) is 0 Å². The Balaban J connectivity index is 1.49. The number of amides is 1. The first kappa shape index (κ1) is 26.7. The quantitative estimate of drug-likeness (QED) is 0.413. The second kappa shape index (κ2) is 11.0. The van der Waals surface area contributed by atoms with E-state index in [9.17, 15) is 9.59 Å². The van der Waals surface area contributed by atoms with Gasteiger partial charge in [0, 0.05) is 6.92 Å². The molecule has 3 atom stereocenters. The molecule has 0 saturated carbocycles. The number of allylic oxidation sites excluding steroid dienone is 1. The predicted octanol–water partition coefficient (Wildman–Crippen LogP) is 5.73. The molecular formula is C32H33NO6. The van der Waals surface area contributed by atoms with Crippen molar-refractivity contribution in [3.05, 3.63) is 118 Å². The van der Waals surface area contributed by atoms with Crippen molar-refractivity contribution in [3.8, 4) is 0 Å². The van der Waals surface area contributed by atoms with Crippen LogP contribution in [-0.4, -0.2) is 23.9 Å². The van der Waals surface area contributed by atoms with Crippen LogP contribution in [0, 0.1) is 13.8 Å². The Hall–Kier alpha value is -3.94. The SMILES string of the molecule is CC(=O)N[C@@H]1CC2(OC(C)=C1C(=O)OCc1ccccc1)O[C@@H](c1ccccc1C)[C@H](c1ccccc1C)O2. The first-order valence-corrected chi connectivity index (χ1v) is 13.1. The van der Waals surface area contributed by atoms with Crippen LogP contribution < -0.4 is 5.32 Å². The van der Waals surface area contributed by atoms with Crippen LogP contribution in [0.5, 0.6) is 0 Å². The van der Waals surface area contributed by atoms with E-state index < -0.39 is 30.2 Å². The van der Waals surface area contributed by atoms with Crippen molar-refractivity contribution in [1.82, 2.24) is 5.32 Å². The average Bonchev–Trinajstić information content (AvgIpc) is 3.25. The number of benzene rings is 3. The third kappa shape index (κ3) is 5.60. The van der Waals surface area contributed by atoms with Crippen molar-refractivity contribution in [3.63, 3.8) is 0 Å². The molecule has 0 aromatic heterocycles. The van der Waals surface area contributed by atoms with Gasteiger partial charge in [0.25, 0.3) is 0 Å². The number of carbonyl (C=O) groups excluding carboxylic acids is 2. The van der Waals surface area contributed by atoms with Gasteiger partial charge in [0.2, 0.25) is 5.91 Å². The molecule has 2 aliphatic heterocycles. The molecule has 1 fully saturated rings. The van der Waals surface area contributed by atoms with E-state index in [1.165, 1.54) is 6.92 Å². The van der Waals surface area contributed by atoms with Gasteiger partial charge in [-0.05, 0) is 48.6 Å². The smallest absolute Gasteiger partial charge is 0.339 e. The van der Waals surface area contributed by atoms with E-state index >= 15 is 0 Å². The van der Waals surface area contributed by atoms with E-state index in [1.807, 2.05) is 92.7 Å². The molecular weight excluding hydrogens is 494 g/mol. The topological polar surface area (TPSA) is 83.1 Å². The fourth-order valence-corrected chi connectivity index (χ4v) is 5.33. The first-order chi connectivity index (χ1) is 18.8. The molecule has 0 unspecified atom stereocenters. The molecule has 39 heavy (non-hydrogen) atoms. The summed E-state index contributed by atoms with van der Waals surface area (Å²) >= 11 is 0. The fraction of sp³-hybridized carbons (Fsp3) is 0.312. The van der Waals surface area contributed by atoms with Crippen molar-refractivity contribution < 1.29 is 28.5 Å². The molecule has 202 valence electrons. The van der Waals surface area contributed by atoms with Gasteiger partial charge in [-0.1, -0.05) is 78.9 Å². The highest BCUT2D eigenvalue weighted by atomic mass is 16.9. The third-order valence-corrected chi connectivity index (χ3v) is 7.18. The molecule has 2 aliphatic rings. The molecule has 5 rings (SSSR count). The number of esters is 1. The first-order valence-electron chi connectivity index (χ1n) is 13.1. The van der Waals surface area contributed by atoms with Crippen LogP contribution in [0.2, 0.25) is 0 Å². The van der Waals surface area contributed by atoms with Crippen LogP contribution in [-0.2, 0) is 35.1 Å². The number of hydrogen-bond acceptors (Lipinski definition) is 6. The van der Waals surface area contributed by atoms with Gasteiger partial charge in [-0.25, -0.2) is 4.79 Å². The summed E-state index contributed by atoms with van der Waals surface area (Å²) in [6.07, 6.45) is -0.862. The van der Waals surface area contributed by atoms with E-state index in [0.29, 0.717) is 0 Å². The van der Waals surface area contributed by atoms with E-state index in [1.54, 1.807) is 6.92 Å². The van der Waals surface area contributed by atoms with Gasteiger partial charge in [-0.2, -0.15) is 0 Å². The molecule has 0 radical (unpaired) electrons. The number of carbonyl (C=O) groups is 2. The summed E-state index contributed by atoms with van der Waals surface area (Å²) in [6, 6.07) is 24.7. The van der Waals surface area contributed by atoms with Gasteiger partial charge in [0.15, 0.2) is 0 Å². The lowest BCUT2D eigenvalue weighted by Gasteiger charge is -2.38. The van der Waals surface area contributed by atoms with Crippen LogP contribution in [0.3, 0.4) is 0 Å². The highest BCUT2D eigenvalue weighted by Crippen LogP contribution is 2.52. The van der Waals surface area contributed by atoms with Crippen LogP contribution >= 0.6 is 0 Å². The van der Waals surface area contributed by atoms with Crippen LogP contribution in [0.15, 0.2) is 90.2 Å². The maximum Gasteiger partial charge on any atom is 0.339 e. The standard InChI is InChI=1S/C32H33NO6/c1-20-12-8-10-16-25(20)29-30(26-17-11-9-13-21(26)2)39-32(38-29)18-27(33-23(4)34)28(22(3)37-32)31(35)36-19-24-14-6-5-7-15-24/h5-17,27,29-30H,18-19H2,1-4H3,(H,33,34)/t27-,29+,30+/m1/s1. The van der Waals surface area contributed by atoms with Crippen LogP contribution in [0.1, 0.15) is 60.3 Å². The Morgan fingerprint density at radius 1 is 0.846 bits per heavy atom. The molecule has 0 bridgehead atoms. The van der Waals surface area contributed by atoms with Crippen molar-refractivity contribution in [2.45, 2.75) is 64.9 Å². The Morgan fingerprint density at radius 2 is 1.38 bits per heavy atom. The molecule has 7 heteroatoms. The predicted molar refractivity (Wildman–Crippen MR) is 145 cm³/mol. The summed E-state index contributed by atoms with van der Waals surface area (Å²) in [4.78, 5) is 25.5. The summed E-state index contributed by atoms with van der Waals surface area (Å²) in [5.74, 6) is -2.08. The lowest BCUT2D eigenvalue weighted by molar-refractivity contribution is -0.336.